The molecule has 2 N–H and O–H groups in total. The van der Waals surface area contributed by atoms with E-state index in [9.17, 15) is 9.59 Å². The topological polar surface area (TPSA) is 100 Å². The molecule has 0 radical (unpaired) electrons. The number of hydrazone groups is 1. The Bertz CT molecular complexity index is 902. The average Bonchev–Trinajstić information content (AvgIpc) is 2.56. The van der Waals surface area contributed by atoms with Crippen molar-refractivity contribution in [1.82, 2.24) is 20.6 Å². The van der Waals surface area contributed by atoms with Gasteiger partial charge in [0.2, 0.25) is 0 Å². The first-order valence-electron chi connectivity index (χ1n) is 6.47. The number of rotatable bonds is 3. The number of hydrogen-bond donors (Lipinski definition) is 2. The molecule has 22 heavy (non-hydrogen) atoms. The van der Waals surface area contributed by atoms with Crippen molar-refractivity contribution < 1.29 is 4.79 Å². The SMILES string of the molecule is O=C(N/N=C\c1ccccn1)c1n[nH]c(=O)c2ccccc12. The predicted molar refractivity (Wildman–Crippen MR) is 81.7 cm³/mol. The minimum atomic E-state index is -0.514. The van der Waals surface area contributed by atoms with E-state index in [1.807, 2.05) is 6.07 Å². The Labute approximate surface area is 124 Å². The van der Waals surface area contributed by atoms with Crippen molar-refractivity contribution >= 4 is 22.9 Å². The lowest BCUT2D eigenvalue weighted by Crippen LogP contribution is -2.22. The van der Waals surface area contributed by atoms with Crippen LogP contribution in [0.25, 0.3) is 10.8 Å². The van der Waals surface area contributed by atoms with Crippen LogP contribution in [0, 0.1) is 0 Å². The van der Waals surface area contributed by atoms with Gasteiger partial charge < -0.3 is 0 Å². The molecule has 0 aliphatic carbocycles. The number of nitrogens with one attached hydrogen (secondary N) is 2. The van der Waals surface area contributed by atoms with E-state index in [0.717, 1.165) is 0 Å². The summed E-state index contributed by atoms with van der Waals surface area (Å²) in [6, 6.07) is 12.1. The first kappa shape index (κ1) is 13.6. The molecule has 0 fully saturated rings. The van der Waals surface area contributed by atoms with Crippen molar-refractivity contribution in [1.29, 1.82) is 0 Å². The third kappa shape index (κ3) is 2.73. The highest BCUT2D eigenvalue weighted by molar-refractivity contribution is 6.04. The number of nitrogens with zero attached hydrogens (tertiary/aromatic N) is 3. The monoisotopic (exact) mass is 293 g/mol. The standard InChI is InChI=1S/C15H11N5O2/c21-14-12-7-2-1-6-11(12)13(18-20-14)15(22)19-17-9-10-5-3-4-8-16-10/h1-9H,(H,19,22)(H,20,21)/b17-9-. The first-order valence-corrected chi connectivity index (χ1v) is 6.47. The van der Waals surface area contributed by atoms with E-state index in [-0.39, 0.29) is 11.3 Å². The highest BCUT2D eigenvalue weighted by Gasteiger charge is 2.12. The molecule has 3 aromatic rings. The van der Waals surface area contributed by atoms with Gasteiger partial charge in [0.1, 0.15) is 0 Å². The molecule has 0 atom stereocenters. The van der Waals surface area contributed by atoms with Crippen molar-refractivity contribution in [2.24, 2.45) is 5.10 Å². The molecule has 1 aromatic carbocycles. The molecule has 2 heterocycles. The zero-order chi connectivity index (χ0) is 15.4. The van der Waals surface area contributed by atoms with Crippen LogP contribution in [0.5, 0.6) is 0 Å². The number of benzene rings is 1. The molecule has 0 aliphatic heterocycles. The van der Waals surface area contributed by atoms with E-state index in [4.69, 9.17) is 0 Å². The van der Waals surface area contributed by atoms with E-state index >= 15 is 0 Å². The molecule has 108 valence electrons. The number of carbonyl (C=O) groups is 1. The molecule has 0 aliphatic rings. The fourth-order valence-corrected chi connectivity index (χ4v) is 1.95. The van der Waals surface area contributed by atoms with Crippen LogP contribution in [0.15, 0.2) is 58.6 Å². The molecule has 7 nitrogen and oxygen atoms in total. The second-order valence-corrected chi connectivity index (χ2v) is 4.40. The molecule has 0 spiro atoms. The van der Waals surface area contributed by atoms with Gasteiger partial charge in [0, 0.05) is 11.6 Å². The lowest BCUT2D eigenvalue weighted by Gasteiger charge is -2.02. The minimum Gasteiger partial charge on any atom is -0.267 e. The quantitative estimate of drug-likeness (QED) is 0.557. The molecule has 3 rings (SSSR count). The van der Waals surface area contributed by atoms with Gasteiger partial charge in [-0.3, -0.25) is 14.6 Å². The molecular weight excluding hydrogens is 282 g/mol. The summed E-state index contributed by atoms with van der Waals surface area (Å²) in [7, 11) is 0. The van der Waals surface area contributed by atoms with E-state index < -0.39 is 5.91 Å². The summed E-state index contributed by atoms with van der Waals surface area (Å²) in [4.78, 5) is 27.8. The maximum absolute atomic E-state index is 12.1. The number of aromatic amines is 1. The van der Waals surface area contributed by atoms with Gasteiger partial charge in [0.15, 0.2) is 5.69 Å². The number of carbonyl (C=O) groups excluding carboxylic acids is 1. The lowest BCUT2D eigenvalue weighted by atomic mass is 10.1. The van der Waals surface area contributed by atoms with Crippen LogP contribution in [0.3, 0.4) is 0 Å². The van der Waals surface area contributed by atoms with Crippen molar-refractivity contribution in [2.75, 3.05) is 0 Å². The minimum absolute atomic E-state index is 0.105. The zero-order valence-electron chi connectivity index (χ0n) is 11.4. The summed E-state index contributed by atoms with van der Waals surface area (Å²) < 4.78 is 0. The number of aromatic nitrogens is 3. The van der Waals surface area contributed by atoms with E-state index in [1.165, 1.54) is 6.21 Å². The molecule has 0 unspecified atom stereocenters. The maximum atomic E-state index is 12.1. The molecular formula is C15H11N5O2. The third-order valence-electron chi connectivity index (χ3n) is 2.96. The highest BCUT2D eigenvalue weighted by atomic mass is 16.2. The van der Waals surface area contributed by atoms with Gasteiger partial charge in [-0.05, 0) is 18.2 Å². The van der Waals surface area contributed by atoms with Crippen molar-refractivity contribution in [3.63, 3.8) is 0 Å². The summed E-state index contributed by atoms with van der Waals surface area (Å²) in [5, 5.41) is 10.8. The second kappa shape index (κ2) is 5.96. The van der Waals surface area contributed by atoms with Gasteiger partial charge in [-0.2, -0.15) is 10.2 Å². The summed E-state index contributed by atoms with van der Waals surface area (Å²) in [5.74, 6) is -0.514. The smallest absolute Gasteiger partial charge is 0.267 e. The van der Waals surface area contributed by atoms with Crippen molar-refractivity contribution in [3.8, 4) is 0 Å². The summed E-state index contributed by atoms with van der Waals surface area (Å²) in [5.41, 5.74) is 2.74. The Morgan fingerprint density at radius 1 is 1.14 bits per heavy atom. The van der Waals surface area contributed by atoms with Crippen molar-refractivity contribution in [3.05, 3.63) is 70.4 Å². The van der Waals surface area contributed by atoms with Gasteiger partial charge >= 0.3 is 0 Å². The van der Waals surface area contributed by atoms with Crippen molar-refractivity contribution in [2.45, 2.75) is 0 Å². The van der Waals surface area contributed by atoms with Crippen LogP contribution in [0.1, 0.15) is 16.2 Å². The van der Waals surface area contributed by atoms with Crippen LogP contribution >= 0.6 is 0 Å². The predicted octanol–water partition coefficient (Wildman–Crippen LogP) is 1.08. The summed E-state index contributed by atoms with van der Waals surface area (Å²) >= 11 is 0. The summed E-state index contributed by atoms with van der Waals surface area (Å²) in [6.45, 7) is 0. The second-order valence-electron chi connectivity index (χ2n) is 4.40. The molecule has 1 amide bonds. The summed E-state index contributed by atoms with van der Waals surface area (Å²) in [6.07, 6.45) is 3.05. The lowest BCUT2D eigenvalue weighted by molar-refractivity contribution is 0.0951. The number of H-pyrrole nitrogens is 1. The molecule has 0 saturated carbocycles. The van der Waals surface area contributed by atoms with Crippen LogP contribution in [0.4, 0.5) is 0 Å². The Hall–Kier alpha value is -3.35. The van der Waals surface area contributed by atoms with Gasteiger partial charge in [0.25, 0.3) is 11.5 Å². The Kier molecular flexibility index (Phi) is 3.69. The largest absolute Gasteiger partial charge is 0.292 e. The number of hydrogen-bond acceptors (Lipinski definition) is 5. The normalized spacial score (nSPS) is 10.9. The maximum Gasteiger partial charge on any atom is 0.292 e. The molecule has 7 heteroatoms. The first-order chi connectivity index (χ1) is 10.8. The van der Waals surface area contributed by atoms with Crippen LogP contribution in [-0.4, -0.2) is 27.3 Å². The zero-order valence-corrected chi connectivity index (χ0v) is 11.4. The number of fused-ring (bicyclic) bond motifs is 1. The molecule has 0 bridgehead atoms. The van der Waals surface area contributed by atoms with Gasteiger partial charge in [0.05, 0.1) is 17.3 Å². The van der Waals surface area contributed by atoms with Crippen LogP contribution in [-0.2, 0) is 0 Å². The molecule has 2 aromatic heterocycles. The third-order valence-corrected chi connectivity index (χ3v) is 2.96. The van der Waals surface area contributed by atoms with E-state index in [2.05, 4.69) is 25.7 Å². The van der Waals surface area contributed by atoms with E-state index in [1.54, 1.807) is 42.6 Å². The number of pyridine rings is 1. The van der Waals surface area contributed by atoms with Gasteiger partial charge in [-0.1, -0.05) is 24.3 Å². The van der Waals surface area contributed by atoms with Crippen LogP contribution < -0.4 is 11.0 Å². The van der Waals surface area contributed by atoms with Gasteiger partial charge in [-0.15, -0.1) is 0 Å². The number of amides is 1. The van der Waals surface area contributed by atoms with Crippen LogP contribution in [0.2, 0.25) is 0 Å². The average molecular weight is 293 g/mol. The Morgan fingerprint density at radius 3 is 2.68 bits per heavy atom. The molecule has 0 saturated heterocycles. The fourth-order valence-electron chi connectivity index (χ4n) is 1.95. The van der Waals surface area contributed by atoms with E-state index in [0.29, 0.717) is 16.5 Å². The Morgan fingerprint density at radius 2 is 1.91 bits per heavy atom. The fraction of sp³-hybridized carbons (Fsp3) is 0. The highest BCUT2D eigenvalue weighted by Crippen LogP contribution is 2.11. The van der Waals surface area contributed by atoms with Gasteiger partial charge in [-0.25, -0.2) is 10.5 Å². The Balaban J connectivity index is 1.86.